The maximum absolute atomic E-state index is 5.71. The maximum Gasteiger partial charge on any atom is 0.161 e. The highest BCUT2D eigenvalue weighted by Crippen LogP contribution is 2.25. The molecule has 0 aliphatic carbocycles. The number of benzene rings is 2. The smallest absolute Gasteiger partial charge is 0.161 e. The quantitative estimate of drug-likeness (QED) is 0.711. The van der Waals surface area contributed by atoms with Crippen molar-refractivity contribution in [3.05, 3.63) is 48.5 Å². The minimum absolute atomic E-state index is 0.564. The third-order valence-corrected chi connectivity index (χ3v) is 3.08. The van der Waals surface area contributed by atoms with Crippen LogP contribution in [0.25, 0.3) is 0 Å². The number of nitrogens with one attached hydrogen (secondary N) is 1. The van der Waals surface area contributed by atoms with Crippen LogP contribution in [0.15, 0.2) is 48.5 Å². The van der Waals surface area contributed by atoms with E-state index in [-0.39, 0.29) is 0 Å². The third-order valence-electron chi connectivity index (χ3n) is 3.08. The molecular weight excluding hydrogens is 278 g/mol. The van der Waals surface area contributed by atoms with Crippen LogP contribution in [0, 0.1) is 0 Å². The third kappa shape index (κ3) is 4.88. The fourth-order valence-electron chi connectivity index (χ4n) is 1.98. The van der Waals surface area contributed by atoms with E-state index in [2.05, 4.69) is 12.2 Å². The molecule has 0 heterocycles. The summed E-state index contributed by atoms with van der Waals surface area (Å²) < 4.78 is 16.5. The molecule has 4 nitrogen and oxygen atoms in total. The molecule has 118 valence electrons. The topological polar surface area (TPSA) is 39.7 Å². The van der Waals surface area contributed by atoms with Gasteiger partial charge in [0.25, 0.3) is 0 Å². The Labute approximate surface area is 132 Å². The molecule has 0 radical (unpaired) electrons. The molecule has 0 aliphatic heterocycles. The van der Waals surface area contributed by atoms with Gasteiger partial charge in [-0.2, -0.15) is 0 Å². The molecule has 2 rings (SSSR count). The molecule has 0 amide bonds. The summed E-state index contributed by atoms with van der Waals surface area (Å²) in [6.45, 7) is 4.12. The average molecular weight is 301 g/mol. The van der Waals surface area contributed by atoms with Gasteiger partial charge in [-0.15, -0.1) is 0 Å². The standard InChI is InChI=1S/C18H23NO3/c1-3-13-21-16-10-8-15(9-11-16)19-12-14-22-18-7-5-4-6-17(18)20-2/h4-11,19H,3,12-14H2,1-2H3. The SMILES string of the molecule is CCCOc1ccc(NCCOc2ccccc2OC)cc1. The van der Waals surface area contributed by atoms with E-state index in [0.29, 0.717) is 13.2 Å². The lowest BCUT2D eigenvalue weighted by atomic mass is 10.3. The summed E-state index contributed by atoms with van der Waals surface area (Å²) in [4.78, 5) is 0. The Morgan fingerprint density at radius 1 is 0.864 bits per heavy atom. The minimum Gasteiger partial charge on any atom is -0.494 e. The molecule has 0 fully saturated rings. The summed E-state index contributed by atoms with van der Waals surface area (Å²) in [5, 5.41) is 3.31. The fourth-order valence-corrected chi connectivity index (χ4v) is 1.98. The normalized spacial score (nSPS) is 10.1. The summed E-state index contributed by atoms with van der Waals surface area (Å²) in [7, 11) is 1.64. The van der Waals surface area contributed by atoms with Crippen molar-refractivity contribution in [2.75, 3.05) is 32.2 Å². The van der Waals surface area contributed by atoms with Crippen LogP contribution in [-0.2, 0) is 0 Å². The van der Waals surface area contributed by atoms with Gasteiger partial charge in [-0.1, -0.05) is 19.1 Å². The van der Waals surface area contributed by atoms with Crippen molar-refractivity contribution in [1.29, 1.82) is 0 Å². The zero-order valence-corrected chi connectivity index (χ0v) is 13.2. The van der Waals surface area contributed by atoms with Crippen molar-refractivity contribution in [2.45, 2.75) is 13.3 Å². The van der Waals surface area contributed by atoms with Crippen LogP contribution in [0.2, 0.25) is 0 Å². The molecule has 1 N–H and O–H groups in total. The first kappa shape index (κ1) is 16.0. The molecule has 22 heavy (non-hydrogen) atoms. The van der Waals surface area contributed by atoms with Gasteiger partial charge in [0, 0.05) is 12.2 Å². The van der Waals surface area contributed by atoms with Crippen molar-refractivity contribution in [3.8, 4) is 17.2 Å². The van der Waals surface area contributed by atoms with Crippen molar-refractivity contribution in [1.82, 2.24) is 0 Å². The second-order valence-electron chi connectivity index (χ2n) is 4.80. The molecule has 2 aromatic rings. The maximum atomic E-state index is 5.71. The number of rotatable bonds is 9. The number of hydrogen-bond donors (Lipinski definition) is 1. The number of anilines is 1. The van der Waals surface area contributed by atoms with Crippen molar-refractivity contribution in [2.24, 2.45) is 0 Å². The van der Waals surface area contributed by atoms with E-state index in [0.717, 1.165) is 36.0 Å². The molecular formula is C18H23NO3. The fraction of sp³-hybridized carbons (Fsp3) is 0.333. The van der Waals surface area contributed by atoms with Crippen LogP contribution in [0.4, 0.5) is 5.69 Å². The lowest BCUT2D eigenvalue weighted by Gasteiger charge is -2.11. The molecule has 0 spiro atoms. The molecule has 0 saturated heterocycles. The van der Waals surface area contributed by atoms with Crippen molar-refractivity contribution in [3.63, 3.8) is 0 Å². The molecule has 0 atom stereocenters. The first-order valence-electron chi connectivity index (χ1n) is 7.56. The Kier molecular flexibility index (Phi) is 6.42. The average Bonchev–Trinajstić information content (AvgIpc) is 2.58. The molecule has 0 aromatic heterocycles. The van der Waals surface area contributed by atoms with Gasteiger partial charge in [-0.05, 0) is 42.8 Å². The lowest BCUT2D eigenvalue weighted by Crippen LogP contribution is -2.11. The summed E-state index contributed by atoms with van der Waals surface area (Å²) in [6.07, 6.45) is 1.01. The Morgan fingerprint density at radius 2 is 1.59 bits per heavy atom. The summed E-state index contributed by atoms with van der Waals surface area (Å²) in [5.74, 6) is 2.41. The Morgan fingerprint density at radius 3 is 2.27 bits per heavy atom. The number of ether oxygens (including phenoxy) is 3. The largest absolute Gasteiger partial charge is 0.494 e. The van der Waals surface area contributed by atoms with E-state index in [4.69, 9.17) is 14.2 Å². The van der Waals surface area contributed by atoms with Gasteiger partial charge in [-0.25, -0.2) is 0 Å². The number of hydrogen-bond acceptors (Lipinski definition) is 4. The summed E-state index contributed by atoms with van der Waals surface area (Å²) in [6, 6.07) is 15.6. The van der Waals surface area contributed by atoms with Gasteiger partial charge in [-0.3, -0.25) is 0 Å². The zero-order chi connectivity index (χ0) is 15.6. The second kappa shape index (κ2) is 8.82. The zero-order valence-electron chi connectivity index (χ0n) is 13.2. The molecule has 4 heteroatoms. The lowest BCUT2D eigenvalue weighted by molar-refractivity contribution is 0.306. The number of methoxy groups -OCH3 is 1. The summed E-state index contributed by atoms with van der Waals surface area (Å²) >= 11 is 0. The highest BCUT2D eigenvalue weighted by atomic mass is 16.5. The van der Waals surface area contributed by atoms with Gasteiger partial charge in [0.2, 0.25) is 0 Å². The van der Waals surface area contributed by atoms with E-state index < -0.39 is 0 Å². The van der Waals surface area contributed by atoms with E-state index >= 15 is 0 Å². The van der Waals surface area contributed by atoms with Crippen LogP contribution in [0.3, 0.4) is 0 Å². The van der Waals surface area contributed by atoms with Gasteiger partial charge in [0.1, 0.15) is 12.4 Å². The van der Waals surface area contributed by atoms with E-state index in [9.17, 15) is 0 Å². The van der Waals surface area contributed by atoms with Crippen LogP contribution in [0.5, 0.6) is 17.2 Å². The molecule has 0 unspecified atom stereocenters. The molecule has 0 saturated carbocycles. The Bertz CT molecular complexity index is 555. The van der Waals surface area contributed by atoms with Gasteiger partial charge in [0.15, 0.2) is 11.5 Å². The van der Waals surface area contributed by atoms with Gasteiger partial charge < -0.3 is 19.5 Å². The van der Waals surface area contributed by atoms with E-state index in [1.807, 2.05) is 48.5 Å². The molecule has 0 aliphatic rings. The second-order valence-corrected chi connectivity index (χ2v) is 4.80. The van der Waals surface area contributed by atoms with Crippen LogP contribution in [-0.4, -0.2) is 26.9 Å². The Balaban J connectivity index is 1.74. The van der Waals surface area contributed by atoms with Gasteiger partial charge in [0.05, 0.1) is 13.7 Å². The van der Waals surface area contributed by atoms with Crippen LogP contribution >= 0.6 is 0 Å². The summed E-state index contributed by atoms with van der Waals surface area (Å²) in [5.41, 5.74) is 1.05. The van der Waals surface area contributed by atoms with Crippen LogP contribution < -0.4 is 19.5 Å². The van der Waals surface area contributed by atoms with Crippen molar-refractivity contribution >= 4 is 5.69 Å². The number of para-hydroxylation sites is 2. The highest BCUT2D eigenvalue weighted by Gasteiger charge is 2.01. The monoisotopic (exact) mass is 301 g/mol. The van der Waals surface area contributed by atoms with Crippen molar-refractivity contribution < 1.29 is 14.2 Å². The first-order chi connectivity index (χ1) is 10.8. The Hall–Kier alpha value is -2.36. The van der Waals surface area contributed by atoms with Crippen LogP contribution in [0.1, 0.15) is 13.3 Å². The van der Waals surface area contributed by atoms with E-state index in [1.54, 1.807) is 7.11 Å². The molecule has 2 aromatic carbocycles. The van der Waals surface area contributed by atoms with E-state index in [1.165, 1.54) is 0 Å². The predicted molar refractivity (Wildman–Crippen MR) is 89.2 cm³/mol. The highest BCUT2D eigenvalue weighted by molar-refractivity contribution is 5.46. The van der Waals surface area contributed by atoms with Gasteiger partial charge >= 0.3 is 0 Å². The first-order valence-corrected chi connectivity index (χ1v) is 7.56. The molecule has 0 bridgehead atoms. The predicted octanol–water partition coefficient (Wildman–Crippen LogP) is 3.97. The minimum atomic E-state index is 0.564.